The number of nitro groups is 1. The highest BCUT2D eigenvalue weighted by molar-refractivity contribution is 6.44. The zero-order chi connectivity index (χ0) is 9.72. The van der Waals surface area contributed by atoms with Crippen molar-refractivity contribution in [3.63, 3.8) is 0 Å². The monoisotopic (exact) mass is 171 g/mol. The van der Waals surface area contributed by atoms with Gasteiger partial charge in [-0.2, -0.15) is 0 Å². The van der Waals surface area contributed by atoms with Crippen LogP contribution < -0.4 is 5.73 Å². The van der Waals surface area contributed by atoms with Crippen LogP contribution in [0, 0.1) is 10.1 Å². The van der Waals surface area contributed by atoms with Crippen molar-refractivity contribution in [3.8, 4) is 0 Å². The second-order valence-corrected chi connectivity index (χ2v) is 1.94. The summed E-state index contributed by atoms with van der Waals surface area (Å²) in [7, 11) is 1.30. The maximum atomic E-state index is 10.7. The Morgan fingerprint density at radius 2 is 2.17 bits per heavy atom. The lowest BCUT2D eigenvalue weighted by atomic mass is 10.2. The molecule has 0 aromatic rings. The normalized spacial score (nSPS) is 12.8. The van der Waals surface area contributed by atoms with Gasteiger partial charge in [-0.1, -0.05) is 0 Å². The summed E-state index contributed by atoms with van der Waals surface area (Å²) in [6, 6.07) is 0. The third-order valence-electron chi connectivity index (χ3n) is 1.15. The van der Waals surface area contributed by atoms with Crippen LogP contribution in [0.15, 0.2) is 16.9 Å². The molecule has 66 valence electrons. The van der Waals surface area contributed by atoms with E-state index < -0.39 is 16.4 Å². The van der Waals surface area contributed by atoms with Gasteiger partial charge in [0.2, 0.25) is 0 Å². The Morgan fingerprint density at radius 1 is 1.67 bits per heavy atom. The molecule has 0 saturated carbocycles. The summed E-state index contributed by atoms with van der Waals surface area (Å²) in [5.41, 5.74) is 4.26. The molecule has 0 aliphatic heterocycles. The summed E-state index contributed by atoms with van der Waals surface area (Å²) >= 11 is 0. The molecule has 0 rings (SSSR count). The van der Waals surface area contributed by atoms with Crippen molar-refractivity contribution in [3.05, 3.63) is 22.0 Å². The van der Waals surface area contributed by atoms with Crippen LogP contribution in [0.2, 0.25) is 0 Å². The molecule has 0 aromatic carbocycles. The predicted molar refractivity (Wildman–Crippen MR) is 43.3 cm³/mol. The lowest BCUT2D eigenvalue weighted by Crippen LogP contribution is -2.20. The van der Waals surface area contributed by atoms with Crippen molar-refractivity contribution in [2.24, 2.45) is 10.7 Å². The zero-order valence-corrected chi connectivity index (χ0v) is 6.77. The number of hydrogen-bond donors (Lipinski definition) is 1. The first-order valence-electron chi connectivity index (χ1n) is 3.09. The van der Waals surface area contributed by atoms with E-state index in [-0.39, 0.29) is 5.71 Å². The standard InChI is InChI=1S/C6H9N3O3/c1-4(10)6(8-2)5(3-7)9(11)12/h3H,7H2,1-2H3/b5-3+,8-6?. The van der Waals surface area contributed by atoms with Crippen molar-refractivity contribution in [2.75, 3.05) is 7.05 Å². The number of nitrogens with zero attached hydrogens (tertiary/aromatic N) is 2. The third kappa shape index (κ3) is 2.15. The second kappa shape index (κ2) is 4.22. The molecule has 0 saturated heterocycles. The van der Waals surface area contributed by atoms with Crippen molar-refractivity contribution in [1.82, 2.24) is 0 Å². The third-order valence-corrected chi connectivity index (χ3v) is 1.15. The highest BCUT2D eigenvalue weighted by Crippen LogP contribution is 1.98. The molecule has 12 heavy (non-hydrogen) atoms. The summed E-state index contributed by atoms with van der Waals surface area (Å²) in [6.07, 6.45) is 0.754. The Balaban J connectivity index is 4.99. The molecule has 0 amide bonds. The SMILES string of the molecule is CN=C(C(C)=O)/C(=C\N)[N+](=O)[O-]. The minimum Gasteiger partial charge on any atom is -0.399 e. The Bertz CT molecular complexity index is 239. The van der Waals surface area contributed by atoms with Gasteiger partial charge >= 0.3 is 5.70 Å². The van der Waals surface area contributed by atoms with Crippen LogP contribution >= 0.6 is 0 Å². The van der Waals surface area contributed by atoms with E-state index in [4.69, 9.17) is 5.73 Å². The number of nitrogens with two attached hydrogens (primary N) is 1. The zero-order valence-electron chi connectivity index (χ0n) is 6.77. The molecule has 0 heterocycles. The lowest BCUT2D eigenvalue weighted by molar-refractivity contribution is -0.415. The predicted octanol–water partition coefficient (Wildman–Crippen LogP) is -0.277. The molecule has 0 atom stereocenters. The van der Waals surface area contributed by atoms with Gasteiger partial charge in [-0.15, -0.1) is 0 Å². The van der Waals surface area contributed by atoms with Gasteiger partial charge in [0.1, 0.15) is 0 Å². The number of aliphatic imine (C=N–C) groups is 1. The van der Waals surface area contributed by atoms with Crippen LogP contribution in [0.1, 0.15) is 6.92 Å². The van der Waals surface area contributed by atoms with Gasteiger partial charge in [-0.05, 0) is 0 Å². The quantitative estimate of drug-likeness (QED) is 0.358. The van der Waals surface area contributed by atoms with Crippen LogP contribution in [-0.4, -0.2) is 23.5 Å². The molecule has 0 aliphatic carbocycles. The second-order valence-electron chi connectivity index (χ2n) is 1.94. The minimum absolute atomic E-state index is 0.220. The molecule has 6 nitrogen and oxygen atoms in total. The maximum Gasteiger partial charge on any atom is 0.313 e. The number of carbonyl (C=O) groups is 1. The van der Waals surface area contributed by atoms with E-state index in [0.717, 1.165) is 6.20 Å². The molecule has 2 N–H and O–H groups in total. The number of allylic oxidation sites excluding steroid dienone is 1. The number of rotatable bonds is 3. The van der Waals surface area contributed by atoms with Crippen molar-refractivity contribution in [2.45, 2.75) is 6.92 Å². The summed E-state index contributed by atoms with van der Waals surface area (Å²) < 4.78 is 0. The van der Waals surface area contributed by atoms with Crippen molar-refractivity contribution < 1.29 is 9.72 Å². The molecule has 0 radical (unpaired) electrons. The van der Waals surface area contributed by atoms with Gasteiger partial charge < -0.3 is 5.73 Å². The van der Waals surface area contributed by atoms with Crippen LogP contribution in [0.5, 0.6) is 0 Å². The van der Waals surface area contributed by atoms with Gasteiger partial charge in [-0.25, -0.2) is 0 Å². The number of carbonyl (C=O) groups excluding carboxylic acids is 1. The fourth-order valence-electron chi connectivity index (χ4n) is 0.679. The fraction of sp³-hybridized carbons (Fsp3) is 0.333. The molecule has 0 aromatic heterocycles. The Kier molecular flexibility index (Phi) is 3.61. The van der Waals surface area contributed by atoms with Crippen molar-refractivity contribution in [1.29, 1.82) is 0 Å². The van der Waals surface area contributed by atoms with Crippen LogP contribution in [-0.2, 0) is 4.79 Å². The highest BCUT2D eigenvalue weighted by Gasteiger charge is 2.21. The van der Waals surface area contributed by atoms with Crippen LogP contribution in [0.25, 0.3) is 0 Å². The van der Waals surface area contributed by atoms with E-state index in [9.17, 15) is 14.9 Å². The van der Waals surface area contributed by atoms with Crippen molar-refractivity contribution >= 4 is 11.5 Å². The summed E-state index contributed by atoms with van der Waals surface area (Å²) in [4.78, 5) is 23.7. The van der Waals surface area contributed by atoms with Crippen LogP contribution in [0.3, 0.4) is 0 Å². The Morgan fingerprint density at radius 3 is 2.25 bits per heavy atom. The maximum absolute atomic E-state index is 10.7. The number of hydrogen-bond acceptors (Lipinski definition) is 5. The molecule has 0 spiro atoms. The van der Waals surface area contributed by atoms with E-state index >= 15 is 0 Å². The van der Waals surface area contributed by atoms with Gasteiger partial charge in [0.05, 0.1) is 11.1 Å². The summed E-state index contributed by atoms with van der Waals surface area (Å²) in [5, 5.41) is 10.3. The highest BCUT2D eigenvalue weighted by atomic mass is 16.6. The molecular formula is C6H9N3O3. The topological polar surface area (TPSA) is 98.6 Å². The van der Waals surface area contributed by atoms with Gasteiger partial charge in [-0.3, -0.25) is 19.9 Å². The first-order valence-corrected chi connectivity index (χ1v) is 3.09. The number of ketones is 1. The Hall–Kier alpha value is -1.72. The summed E-state index contributed by atoms with van der Waals surface area (Å²) in [6.45, 7) is 1.19. The first-order chi connectivity index (χ1) is 5.54. The molecule has 0 aliphatic rings. The fourth-order valence-corrected chi connectivity index (χ4v) is 0.679. The first kappa shape index (κ1) is 10.3. The molecule has 0 fully saturated rings. The average molecular weight is 171 g/mol. The molecular weight excluding hydrogens is 162 g/mol. The van der Waals surface area contributed by atoms with E-state index in [1.807, 2.05) is 0 Å². The van der Waals surface area contributed by atoms with E-state index in [1.165, 1.54) is 14.0 Å². The van der Waals surface area contributed by atoms with Crippen LogP contribution in [0.4, 0.5) is 0 Å². The van der Waals surface area contributed by atoms with E-state index in [1.54, 1.807) is 0 Å². The Labute approximate surface area is 68.9 Å². The minimum atomic E-state index is -0.746. The summed E-state index contributed by atoms with van der Waals surface area (Å²) in [5.74, 6) is -0.481. The molecule has 0 bridgehead atoms. The molecule has 0 unspecified atom stereocenters. The van der Waals surface area contributed by atoms with E-state index in [0.29, 0.717) is 0 Å². The smallest absolute Gasteiger partial charge is 0.313 e. The van der Waals surface area contributed by atoms with E-state index in [2.05, 4.69) is 4.99 Å². The molecule has 6 heteroatoms. The lowest BCUT2D eigenvalue weighted by Gasteiger charge is -1.96. The largest absolute Gasteiger partial charge is 0.399 e. The van der Waals surface area contributed by atoms with Gasteiger partial charge in [0.25, 0.3) is 0 Å². The van der Waals surface area contributed by atoms with Gasteiger partial charge in [0.15, 0.2) is 11.5 Å². The van der Waals surface area contributed by atoms with Gasteiger partial charge in [0, 0.05) is 14.0 Å². The number of Topliss-reactive ketones (excluding diaryl/α,β-unsaturated/α-hetero) is 1. The average Bonchev–Trinajstić information content (AvgIpc) is 1.98.